The molecule has 7 nitrogen and oxygen atoms in total. The SMILES string of the molecule is C#CCNC(=O)CNC(=O)c1cc(-c2ccc3c(c2)OCCO3)nc2ccccc12. The van der Waals surface area contributed by atoms with Crippen LogP contribution >= 0.6 is 0 Å². The van der Waals surface area contributed by atoms with Gasteiger partial charge in [-0.25, -0.2) is 4.98 Å². The number of hydrogen-bond acceptors (Lipinski definition) is 5. The number of pyridine rings is 1. The third-order valence-corrected chi connectivity index (χ3v) is 4.60. The van der Waals surface area contributed by atoms with Crippen molar-refractivity contribution in [2.75, 3.05) is 26.3 Å². The molecule has 0 saturated heterocycles. The number of ether oxygens (including phenoxy) is 2. The highest BCUT2D eigenvalue weighted by atomic mass is 16.6. The van der Waals surface area contributed by atoms with Gasteiger partial charge in [-0.15, -0.1) is 6.42 Å². The van der Waals surface area contributed by atoms with E-state index in [-0.39, 0.29) is 24.9 Å². The van der Waals surface area contributed by atoms with E-state index in [1.165, 1.54) is 0 Å². The first kappa shape index (κ1) is 19.3. The maximum Gasteiger partial charge on any atom is 0.252 e. The summed E-state index contributed by atoms with van der Waals surface area (Å²) in [6.45, 7) is 0.939. The molecule has 1 aromatic heterocycles. The molecule has 3 aromatic rings. The van der Waals surface area contributed by atoms with Crippen LogP contribution in [0.4, 0.5) is 0 Å². The molecule has 0 saturated carbocycles. The Kier molecular flexibility index (Phi) is 5.48. The van der Waals surface area contributed by atoms with Crippen LogP contribution in [0, 0.1) is 12.3 Å². The molecule has 0 aliphatic carbocycles. The smallest absolute Gasteiger partial charge is 0.252 e. The van der Waals surface area contributed by atoms with Gasteiger partial charge < -0.3 is 20.1 Å². The highest BCUT2D eigenvalue weighted by molar-refractivity contribution is 6.08. The molecule has 2 heterocycles. The number of nitrogens with zero attached hydrogens (tertiary/aromatic N) is 1. The molecule has 2 N–H and O–H groups in total. The lowest BCUT2D eigenvalue weighted by Gasteiger charge is -2.19. The van der Waals surface area contributed by atoms with E-state index >= 15 is 0 Å². The molecule has 0 spiro atoms. The summed E-state index contributed by atoms with van der Waals surface area (Å²) in [4.78, 5) is 29.3. The number of para-hydroxylation sites is 1. The van der Waals surface area contributed by atoms with E-state index in [4.69, 9.17) is 20.9 Å². The first-order valence-electron chi connectivity index (χ1n) is 9.44. The molecule has 0 unspecified atom stereocenters. The molecule has 1 aliphatic rings. The van der Waals surface area contributed by atoms with Crippen LogP contribution in [0.25, 0.3) is 22.2 Å². The fourth-order valence-electron chi connectivity index (χ4n) is 3.18. The minimum absolute atomic E-state index is 0.112. The van der Waals surface area contributed by atoms with Gasteiger partial charge in [-0.2, -0.15) is 0 Å². The molecule has 7 heteroatoms. The first-order valence-corrected chi connectivity index (χ1v) is 9.44. The zero-order valence-corrected chi connectivity index (χ0v) is 16.1. The van der Waals surface area contributed by atoms with Crippen LogP contribution in [0.2, 0.25) is 0 Å². The van der Waals surface area contributed by atoms with Gasteiger partial charge in [-0.3, -0.25) is 9.59 Å². The summed E-state index contributed by atoms with van der Waals surface area (Å²) in [7, 11) is 0. The lowest BCUT2D eigenvalue weighted by molar-refractivity contribution is -0.119. The third-order valence-electron chi connectivity index (χ3n) is 4.60. The maximum absolute atomic E-state index is 12.8. The summed E-state index contributed by atoms with van der Waals surface area (Å²) < 4.78 is 11.2. The van der Waals surface area contributed by atoms with Crippen LogP contribution in [0.1, 0.15) is 10.4 Å². The molecule has 0 fully saturated rings. The lowest BCUT2D eigenvalue weighted by Crippen LogP contribution is -2.37. The monoisotopic (exact) mass is 401 g/mol. The largest absolute Gasteiger partial charge is 0.486 e. The zero-order valence-electron chi connectivity index (χ0n) is 16.1. The van der Waals surface area contributed by atoms with Crippen molar-refractivity contribution in [2.24, 2.45) is 0 Å². The first-order chi connectivity index (χ1) is 14.7. The van der Waals surface area contributed by atoms with Gasteiger partial charge in [0.1, 0.15) is 13.2 Å². The average Bonchev–Trinajstić information content (AvgIpc) is 2.80. The fourth-order valence-corrected chi connectivity index (χ4v) is 3.18. The van der Waals surface area contributed by atoms with Crippen molar-refractivity contribution in [1.29, 1.82) is 0 Å². The van der Waals surface area contributed by atoms with Crippen LogP contribution in [-0.2, 0) is 4.79 Å². The number of carbonyl (C=O) groups excluding carboxylic acids is 2. The Bertz CT molecular complexity index is 1170. The third kappa shape index (κ3) is 4.03. The van der Waals surface area contributed by atoms with Crippen LogP contribution < -0.4 is 20.1 Å². The van der Waals surface area contributed by atoms with E-state index in [2.05, 4.69) is 16.6 Å². The van der Waals surface area contributed by atoms with Gasteiger partial charge in [-0.1, -0.05) is 24.1 Å². The fraction of sp³-hybridized carbons (Fsp3) is 0.174. The van der Waals surface area contributed by atoms with E-state index in [0.29, 0.717) is 46.9 Å². The van der Waals surface area contributed by atoms with Crippen molar-refractivity contribution >= 4 is 22.7 Å². The normalized spacial score (nSPS) is 12.1. The van der Waals surface area contributed by atoms with E-state index in [1.807, 2.05) is 42.5 Å². The van der Waals surface area contributed by atoms with Crippen molar-refractivity contribution in [2.45, 2.75) is 0 Å². The van der Waals surface area contributed by atoms with Crippen LogP contribution in [-0.4, -0.2) is 43.1 Å². The van der Waals surface area contributed by atoms with Crippen molar-refractivity contribution < 1.29 is 19.1 Å². The van der Waals surface area contributed by atoms with E-state index in [9.17, 15) is 9.59 Å². The predicted molar refractivity (Wildman–Crippen MR) is 112 cm³/mol. The number of rotatable bonds is 5. The van der Waals surface area contributed by atoms with Gasteiger partial charge in [-0.05, 0) is 30.3 Å². The standard InChI is InChI=1S/C23H19N3O4/c1-2-9-24-22(27)14-25-23(28)17-13-19(26-18-6-4-3-5-16(17)18)15-7-8-20-21(12-15)30-11-10-29-20/h1,3-8,12-13H,9-11,14H2,(H,24,27)(H,25,28). The molecule has 0 atom stereocenters. The Morgan fingerprint density at radius 3 is 2.67 bits per heavy atom. The molecule has 2 amide bonds. The summed E-state index contributed by atoms with van der Waals surface area (Å²) in [6.07, 6.45) is 5.12. The molecule has 4 rings (SSSR count). The van der Waals surface area contributed by atoms with Crippen LogP contribution in [0.15, 0.2) is 48.5 Å². The minimum Gasteiger partial charge on any atom is -0.486 e. The van der Waals surface area contributed by atoms with Gasteiger partial charge in [0.2, 0.25) is 5.91 Å². The Labute approximate surface area is 173 Å². The predicted octanol–water partition coefficient (Wildman–Crippen LogP) is 2.15. The molecule has 1 aliphatic heterocycles. The van der Waals surface area contributed by atoms with Gasteiger partial charge in [0, 0.05) is 10.9 Å². The van der Waals surface area contributed by atoms with Crippen LogP contribution in [0.3, 0.4) is 0 Å². The van der Waals surface area contributed by atoms with Gasteiger partial charge in [0.25, 0.3) is 5.91 Å². The Morgan fingerprint density at radius 2 is 1.83 bits per heavy atom. The molecular weight excluding hydrogens is 382 g/mol. The number of aromatic nitrogens is 1. The van der Waals surface area contributed by atoms with Crippen molar-refractivity contribution in [3.8, 4) is 35.1 Å². The van der Waals surface area contributed by atoms with Crippen molar-refractivity contribution in [1.82, 2.24) is 15.6 Å². The van der Waals surface area contributed by atoms with Crippen molar-refractivity contribution in [3.63, 3.8) is 0 Å². The van der Waals surface area contributed by atoms with E-state index in [1.54, 1.807) is 6.07 Å². The van der Waals surface area contributed by atoms with E-state index in [0.717, 1.165) is 5.56 Å². The summed E-state index contributed by atoms with van der Waals surface area (Å²) in [6, 6.07) is 14.6. The Balaban J connectivity index is 1.67. The minimum atomic E-state index is -0.372. The molecule has 0 bridgehead atoms. The highest BCUT2D eigenvalue weighted by Crippen LogP contribution is 2.35. The average molecular weight is 401 g/mol. The number of fused-ring (bicyclic) bond motifs is 2. The number of terminal acetylenes is 1. The summed E-state index contributed by atoms with van der Waals surface area (Å²) in [5, 5.41) is 5.85. The van der Waals surface area contributed by atoms with Gasteiger partial charge in [0.15, 0.2) is 11.5 Å². The number of amides is 2. The Morgan fingerprint density at radius 1 is 1.03 bits per heavy atom. The molecule has 30 heavy (non-hydrogen) atoms. The second-order valence-corrected chi connectivity index (χ2v) is 6.59. The lowest BCUT2D eigenvalue weighted by atomic mass is 10.0. The zero-order chi connectivity index (χ0) is 20.9. The number of benzene rings is 2. The molecular formula is C23H19N3O4. The van der Waals surface area contributed by atoms with E-state index < -0.39 is 0 Å². The summed E-state index contributed by atoms with van der Waals surface area (Å²) in [5.41, 5.74) is 2.51. The molecule has 0 radical (unpaired) electrons. The highest BCUT2D eigenvalue weighted by Gasteiger charge is 2.17. The number of nitrogens with one attached hydrogen (secondary N) is 2. The second kappa shape index (κ2) is 8.53. The number of carbonyl (C=O) groups is 2. The topological polar surface area (TPSA) is 89.6 Å². The van der Waals surface area contributed by atoms with Gasteiger partial charge in [0.05, 0.1) is 29.9 Å². The maximum atomic E-state index is 12.8. The van der Waals surface area contributed by atoms with Crippen LogP contribution in [0.5, 0.6) is 11.5 Å². The molecule has 2 aromatic carbocycles. The summed E-state index contributed by atoms with van der Waals surface area (Å²) in [5.74, 6) is 2.92. The van der Waals surface area contributed by atoms with Crippen molar-refractivity contribution in [3.05, 3.63) is 54.1 Å². The quantitative estimate of drug-likeness (QED) is 0.640. The summed E-state index contributed by atoms with van der Waals surface area (Å²) >= 11 is 0. The van der Waals surface area contributed by atoms with Gasteiger partial charge >= 0.3 is 0 Å². The number of hydrogen-bond donors (Lipinski definition) is 2. The second-order valence-electron chi connectivity index (χ2n) is 6.59. The Hall–Kier alpha value is -4.05. The molecule has 150 valence electrons.